The summed E-state index contributed by atoms with van der Waals surface area (Å²) >= 11 is 0. The molecule has 232 valence electrons. The molecule has 0 unspecified atom stereocenters. The fraction of sp³-hybridized carbons (Fsp3) is 0.316. The second kappa shape index (κ2) is 16.6. The van der Waals surface area contributed by atoms with Crippen LogP contribution in [0.4, 0.5) is 0 Å². The lowest BCUT2D eigenvalue weighted by Gasteiger charge is -2.44. The second-order valence-corrected chi connectivity index (χ2v) is 16.3. The van der Waals surface area contributed by atoms with Gasteiger partial charge in [0.05, 0.1) is 33.0 Å². The number of hydrogen-bond donors (Lipinski definition) is 1. The molecule has 0 radical (unpaired) electrons. The minimum atomic E-state index is -2.88. The molecule has 6 heteroatoms. The Labute approximate surface area is 264 Å². The van der Waals surface area contributed by atoms with Crippen molar-refractivity contribution in [2.75, 3.05) is 19.8 Å². The van der Waals surface area contributed by atoms with Crippen LogP contribution in [-0.4, -0.2) is 51.6 Å². The maximum Gasteiger partial charge on any atom is 0.261 e. The van der Waals surface area contributed by atoms with Crippen molar-refractivity contribution in [2.24, 2.45) is 0 Å². The lowest BCUT2D eigenvalue weighted by molar-refractivity contribution is -0.154. The van der Waals surface area contributed by atoms with Gasteiger partial charge in [-0.15, -0.1) is 6.58 Å². The van der Waals surface area contributed by atoms with Gasteiger partial charge >= 0.3 is 0 Å². The van der Waals surface area contributed by atoms with Gasteiger partial charge in [0.25, 0.3) is 8.32 Å². The van der Waals surface area contributed by atoms with Crippen LogP contribution in [0.2, 0.25) is 5.04 Å². The SMILES string of the molecule is C=CCOC[C@@H](O)[C@@H](OCc1ccccc1)[C@H](CO[Si](c1ccccc1)(c1ccccc1)C(C)(C)C)OCc1ccccc1. The van der Waals surface area contributed by atoms with Crippen molar-refractivity contribution < 1.29 is 23.7 Å². The van der Waals surface area contributed by atoms with Crippen LogP contribution in [-0.2, 0) is 31.9 Å². The summed E-state index contributed by atoms with van der Waals surface area (Å²) in [5, 5.41) is 13.6. The van der Waals surface area contributed by atoms with Gasteiger partial charge < -0.3 is 23.7 Å². The first-order valence-electron chi connectivity index (χ1n) is 15.3. The van der Waals surface area contributed by atoms with Gasteiger partial charge in [-0.25, -0.2) is 0 Å². The van der Waals surface area contributed by atoms with E-state index < -0.39 is 26.6 Å². The van der Waals surface area contributed by atoms with Crippen molar-refractivity contribution >= 4 is 18.7 Å². The van der Waals surface area contributed by atoms with E-state index >= 15 is 0 Å². The van der Waals surface area contributed by atoms with Crippen LogP contribution in [0.5, 0.6) is 0 Å². The van der Waals surface area contributed by atoms with Gasteiger partial charge in [0.1, 0.15) is 18.3 Å². The van der Waals surface area contributed by atoms with Crippen LogP contribution >= 0.6 is 0 Å². The smallest absolute Gasteiger partial charge is 0.261 e. The predicted octanol–water partition coefficient (Wildman–Crippen LogP) is 6.30. The summed E-state index contributed by atoms with van der Waals surface area (Å²) in [6.45, 7) is 11.8. The number of aliphatic hydroxyl groups excluding tert-OH is 1. The monoisotopic (exact) mass is 610 g/mol. The van der Waals surface area contributed by atoms with E-state index in [-0.39, 0.29) is 18.3 Å². The van der Waals surface area contributed by atoms with Gasteiger partial charge in [-0.2, -0.15) is 0 Å². The number of benzene rings is 4. The zero-order chi connectivity index (χ0) is 31.3. The summed E-state index contributed by atoms with van der Waals surface area (Å²) in [7, 11) is -2.88. The Morgan fingerprint density at radius 2 is 1.14 bits per heavy atom. The van der Waals surface area contributed by atoms with Gasteiger partial charge in [0.2, 0.25) is 0 Å². The lowest BCUT2D eigenvalue weighted by atomic mass is 10.1. The van der Waals surface area contributed by atoms with E-state index in [4.69, 9.17) is 18.6 Å². The fourth-order valence-electron chi connectivity index (χ4n) is 5.58. The normalized spacial score (nSPS) is 14.1. The van der Waals surface area contributed by atoms with Crippen LogP contribution in [0.15, 0.2) is 134 Å². The standard InChI is InChI=1S/C38H46O5Si/c1-5-26-40-29-35(39)37(42-28-32-20-12-7-13-21-32)36(41-27-31-18-10-6-11-19-31)30-43-44(38(2,3)4,33-22-14-8-15-23-33)34-24-16-9-17-25-34/h5-25,35-37,39H,1,26-30H2,2-4H3/t35-,36+,37-/m1/s1. The Hall–Kier alpha value is -3.36. The molecule has 0 aliphatic heterocycles. The minimum absolute atomic E-state index is 0.0793. The van der Waals surface area contributed by atoms with E-state index in [1.165, 1.54) is 10.4 Å². The van der Waals surface area contributed by atoms with Crippen molar-refractivity contribution in [3.63, 3.8) is 0 Å². The molecule has 3 atom stereocenters. The molecule has 5 nitrogen and oxygen atoms in total. The van der Waals surface area contributed by atoms with E-state index in [0.717, 1.165) is 11.1 Å². The Morgan fingerprint density at radius 3 is 1.59 bits per heavy atom. The molecular weight excluding hydrogens is 564 g/mol. The molecule has 0 amide bonds. The highest BCUT2D eigenvalue weighted by molar-refractivity contribution is 6.99. The van der Waals surface area contributed by atoms with Crippen LogP contribution in [0.1, 0.15) is 31.9 Å². The van der Waals surface area contributed by atoms with Crippen molar-refractivity contribution in [1.82, 2.24) is 0 Å². The number of aliphatic hydroxyl groups is 1. The summed E-state index contributed by atoms with van der Waals surface area (Å²) in [4.78, 5) is 0. The summed E-state index contributed by atoms with van der Waals surface area (Å²) in [5.41, 5.74) is 2.04. The molecule has 0 saturated carbocycles. The van der Waals surface area contributed by atoms with Gasteiger partial charge in [-0.05, 0) is 26.5 Å². The molecular formula is C38H46O5Si. The van der Waals surface area contributed by atoms with Crippen LogP contribution in [0, 0.1) is 0 Å². The first-order valence-corrected chi connectivity index (χ1v) is 17.2. The second-order valence-electron chi connectivity index (χ2n) is 12.0. The van der Waals surface area contributed by atoms with E-state index in [1.807, 2.05) is 72.8 Å². The van der Waals surface area contributed by atoms with Crippen molar-refractivity contribution in [3.05, 3.63) is 145 Å². The summed E-state index contributed by atoms with van der Waals surface area (Å²) in [5.74, 6) is 0. The summed E-state index contributed by atoms with van der Waals surface area (Å²) < 4.78 is 26.1. The lowest BCUT2D eigenvalue weighted by Crippen LogP contribution is -2.67. The van der Waals surface area contributed by atoms with Crippen LogP contribution < -0.4 is 10.4 Å². The maximum atomic E-state index is 11.5. The molecule has 0 fully saturated rings. The molecule has 0 saturated heterocycles. The Morgan fingerprint density at radius 1 is 0.682 bits per heavy atom. The van der Waals surface area contributed by atoms with Crippen LogP contribution in [0.25, 0.3) is 0 Å². The van der Waals surface area contributed by atoms with Gasteiger partial charge in [-0.1, -0.05) is 148 Å². The molecule has 4 aromatic carbocycles. The largest absolute Gasteiger partial charge is 0.405 e. The van der Waals surface area contributed by atoms with Gasteiger partial charge in [-0.3, -0.25) is 0 Å². The maximum absolute atomic E-state index is 11.5. The van der Waals surface area contributed by atoms with Gasteiger partial charge in [0.15, 0.2) is 0 Å². The summed E-state index contributed by atoms with van der Waals surface area (Å²) in [6, 6.07) is 41.0. The molecule has 0 aromatic heterocycles. The molecule has 0 heterocycles. The zero-order valence-electron chi connectivity index (χ0n) is 26.2. The van der Waals surface area contributed by atoms with Crippen LogP contribution in [0.3, 0.4) is 0 Å². The quantitative estimate of drug-likeness (QED) is 0.0865. The molecule has 0 spiro atoms. The van der Waals surface area contributed by atoms with Crippen molar-refractivity contribution in [3.8, 4) is 0 Å². The summed E-state index contributed by atoms with van der Waals surface area (Å²) in [6.07, 6.45) is -0.603. The first kappa shape index (κ1) is 33.5. The molecule has 0 bridgehead atoms. The number of hydrogen-bond acceptors (Lipinski definition) is 5. The van der Waals surface area contributed by atoms with Crippen molar-refractivity contribution in [2.45, 2.75) is 57.3 Å². The number of ether oxygens (including phenoxy) is 3. The third-order valence-corrected chi connectivity index (χ3v) is 12.7. The van der Waals surface area contributed by atoms with E-state index in [9.17, 15) is 5.11 Å². The highest BCUT2D eigenvalue weighted by Crippen LogP contribution is 2.37. The Balaban J connectivity index is 1.72. The third-order valence-electron chi connectivity index (χ3n) is 7.74. The molecule has 0 aliphatic rings. The predicted molar refractivity (Wildman–Crippen MR) is 181 cm³/mol. The van der Waals surface area contributed by atoms with E-state index in [0.29, 0.717) is 19.8 Å². The van der Waals surface area contributed by atoms with Crippen molar-refractivity contribution in [1.29, 1.82) is 0 Å². The average molecular weight is 611 g/mol. The minimum Gasteiger partial charge on any atom is -0.405 e. The molecule has 4 rings (SSSR count). The third kappa shape index (κ3) is 8.85. The van der Waals surface area contributed by atoms with E-state index in [2.05, 4.69) is 75.9 Å². The Kier molecular flexibility index (Phi) is 12.7. The van der Waals surface area contributed by atoms with E-state index in [1.54, 1.807) is 6.08 Å². The first-order chi connectivity index (χ1) is 21.3. The topological polar surface area (TPSA) is 57.2 Å². The highest BCUT2D eigenvalue weighted by Gasteiger charge is 2.51. The average Bonchev–Trinajstić information content (AvgIpc) is 3.05. The molecule has 0 aliphatic carbocycles. The molecule has 1 N–H and O–H groups in total. The Bertz CT molecular complexity index is 1320. The highest BCUT2D eigenvalue weighted by atomic mass is 28.4. The fourth-order valence-corrected chi connectivity index (χ4v) is 10.2. The zero-order valence-corrected chi connectivity index (χ0v) is 27.2. The number of rotatable bonds is 17. The molecule has 4 aromatic rings. The molecule has 44 heavy (non-hydrogen) atoms. The van der Waals surface area contributed by atoms with Gasteiger partial charge in [0, 0.05) is 0 Å².